The molecule has 0 bridgehead atoms. The van der Waals surface area contributed by atoms with Crippen molar-refractivity contribution in [3.05, 3.63) is 42.0 Å². The highest BCUT2D eigenvalue weighted by Crippen LogP contribution is 2.16. The number of phenolic OH excluding ortho intramolecular Hbond substituents is 1. The second-order valence-electron chi connectivity index (χ2n) is 2.74. The second-order valence-corrected chi connectivity index (χ2v) is 2.74. The third-order valence-corrected chi connectivity index (χ3v) is 1.60. The highest BCUT2D eigenvalue weighted by Gasteiger charge is 1.96. The van der Waals surface area contributed by atoms with E-state index in [-0.39, 0.29) is 16.9 Å². The summed E-state index contributed by atoms with van der Waals surface area (Å²) >= 11 is 0. The van der Waals surface area contributed by atoms with Gasteiger partial charge in [-0.25, -0.2) is 4.99 Å². The van der Waals surface area contributed by atoms with E-state index in [4.69, 9.17) is 15.7 Å². The molecule has 1 aromatic rings. The van der Waals surface area contributed by atoms with E-state index >= 15 is 0 Å². The number of benzene rings is 1. The van der Waals surface area contributed by atoms with E-state index in [1.165, 1.54) is 6.07 Å². The highest BCUT2D eigenvalue weighted by molar-refractivity contribution is 6.32. The maximum Gasteiger partial charge on any atom is 0.144 e. The van der Waals surface area contributed by atoms with Gasteiger partial charge in [-0.3, -0.25) is 0 Å². The maximum atomic E-state index is 9.19. The number of nitrogens with zero attached hydrogens (tertiary/aromatic N) is 1. The maximum absolute atomic E-state index is 9.19. The Morgan fingerprint density at radius 3 is 2.80 bits per heavy atom. The summed E-state index contributed by atoms with van der Waals surface area (Å²) in [6, 6.07) is 6.48. The van der Waals surface area contributed by atoms with Crippen molar-refractivity contribution in [3.8, 4) is 5.75 Å². The summed E-state index contributed by atoms with van der Waals surface area (Å²) in [5.41, 5.74) is 0.889. The standard InChI is InChI=1S/C10H8B2N2O/c1-2-13-9(11)10(12)14-7-4-3-5-8(15)6-7/h3-6,14-15H,1H2/b10-9-. The molecule has 2 N–H and O–H groups in total. The van der Waals surface area contributed by atoms with Crippen molar-refractivity contribution in [2.75, 3.05) is 5.32 Å². The number of rotatable bonds is 3. The molecule has 3 nitrogen and oxygen atoms in total. The van der Waals surface area contributed by atoms with Crippen molar-refractivity contribution in [1.82, 2.24) is 0 Å². The predicted molar refractivity (Wildman–Crippen MR) is 63.3 cm³/mol. The normalized spacial score (nSPS) is 11.2. The van der Waals surface area contributed by atoms with E-state index in [0.29, 0.717) is 5.69 Å². The van der Waals surface area contributed by atoms with Crippen molar-refractivity contribution in [2.24, 2.45) is 4.99 Å². The number of aromatic hydroxyl groups is 1. The average Bonchev–Trinajstić information content (AvgIpc) is 2.18. The Morgan fingerprint density at radius 2 is 2.20 bits per heavy atom. The molecule has 4 radical (unpaired) electrons. The van der Waals surface area contributed by atoms with Crippen LogP contribution in [0.5, 0.6) is 5.75 Å². The van der Waals surface area contributed by atoms with Crippen molar-refractivity contribution in [3.63, 3.8) is 0 Å². The number of phenols is 1. The molecule has 0 saturated carbocycles. The molecule has 0 heterocycles. The van der Waals surface area contributed by atoms with Gasteiger partial charge in [-0.15, -0.1) is 0 Å². The van der Waals surface area contributed by atoms with Crippen LogP contribution in [0.25, 0.3) is 0 Å². The Morgan fingerprint density at radius 1 is 1.47 bits per heavy atom. The van der Waals surface area contributed by atoms with E-state index in [1.54, 1.807) is 18.2 Å². The van der Waals surface area contributed by atoms with Crippen LogP contribution in [0.15, 0.2) is 47.0 Å². The molecule has 0 amide bonds. The van der Waals surface area contributed by atoms with Crippen molar-refractivity contribution < 1.29 is 5.11 Å². The summed E-state index contributed by atoms with van der Waals surface area (Å²) in [5.74, 6) is 2.41. The number of aliphatic imine (C=N–C) groups is 1. The average molecular weight is 194 g/mol. The third-order valence-electron chi connectivity index (χ3n) is 1.60. The lowest BCUT2D eigenvalue weighted by Gasteiger charge is -2.08. The molecule has 1 aromatic carbocycles. The molecule has 0 aliphatic heterocycles. The predicted octanol–water partition coefficient (Wildman–Crippen LogP) is 1.12. The van der Waals surface area contributed by atoms with Crippen LogP contribution < -0.4 is 5.32 Å². The van der Waals surface area contributed by atoms with Gasteiger partial charge in [-0.2, -0.15) is 0 Å². The molecule has 5 heteroatoms. The Kier molecular flexibility index (Phi) is 3.83. The molecule has 0 aromatic heterocycles. The van der Waals surface area contributed by atoms with E-state index in [1.807, 2.05) is 0 Å². The lowest BCUT2D eigenvalue weighted by Crippen LogP contribution is -2.02. The van der Waals surface area contributed by atoms with Crippen LogP contribution in [0, 0.1) is 0 Å². The molecule has 0 aliphatic carbocycles. The number of anilines is 1. The van der Waals surface area contributed by atoms with E-state index in [2.05, 4.69) is 22.8 Å². The molecule has 0 unspecified atom stereocenters. The van der Waals surface area contributed by atoms with Gasteiger partial charge < -0.3 is 10.4 Å². The van der Waals surface area contributed by atoms with Gasteiger partial charge in [0.15, 0.2) is 0 Å². The second kappa shape index (κ2) is 5.13. The topological polar surface area (TPSA) is 44.6 Å². The van der Waals surface area contributed by atoms with Gasteiger partial charge in [-0.05, 0) is 30.2 Å². The van der Waals surface area contributed by atoms with Crippen LogP contribution >= 0.6 is 0 Å². The first-order valence-electron chi connectivity index (χ1n) is 4.17. The summed E-state index contributed by atoms with van der Waals surface area (Å²) in [6.45, 7) is 3.28. The van der Waals surface area contributed by atoms with Crippen LogP contribution in [-0.4, -0.2) is 26.7 Å². The summed E-state index contributed by atoms with van der Waals surface area (Å²) in [5, 5.41) is 12.0. The zero-order valence-corrected chi connectivity index (χ0v) is 8.07. The van der Waals surface area contributed by atoms with Crippen molar-refractivity contribution in [2.45, 2.75) is 0 Å². The number of hydrogen-bond acceptors (Lipinski definition) is 3. The molecular weight excluding hydrogens is 186 g/mol. The van der Waals surface area contributed by atoms with E-state index in [0.717, 1.165) is 0 Å². The molecule has 70 valence electrons. The Bertz CT molecular complexity index is 437. The first-order valence-corrected chi connectivity index (χ1v) is 4.17. The third kappa shape index (κ3) is 3.41. The quantitative estimate of drug-likeness (QED) is 0.559. The summed E-state index contributed by atoms with van der Waals surface area (Å²) < 4.78 is 0. The van der Waals surface area contributed by atoms with Crippen LogP contribution in [0.3, 0.4) is 0 Å². The SMILES string of the molecule is [B]/C(N=C=C)=C(\[B])Nc1cccc(O)c1. The fourth-order valence-corrected chi connectivity index (χ4v) is 0.949. The van der Waals surface area contributed by atoms with Gasteiger partial charge in [0.25, 0.3) is 0 Å². The molecule has 0 saturated heterocycles. The Hall–Kier alpha value is -1.86. The van der Waals surface area contributed by atoms with Gasteiger partial charge in [0, 0.05) is 17.4 Å². The molecule has 1 rings (SSSR count). The molecular formula is C10H8B2N2O. The lowest BCUT2D eigenvalue weighted by atomic mass is 9.91. The van der Waals surface area contributed by atoms with Crippen molar-refractivity contribution >= 4 is 27.2 Å². The van der Waals surface area contributed by atoms with Crippen LogP contribution in [0.4, 0.5) is 5.69 Å². The summed E-state index contributed by atoms with van der Waals surface area (Å²) in [7, 11) is 11.1. The van der Waals surface area contributed by atoms with Crippen LogP contribution in [0.1, 0.15) is 0 Å². The zero-order valence-electron chi connectivity index (χ0n) is 8.07. The number of nitrogens with one attached hydrogen (secondary N) is 1. The molecule has 15 heavy (non-hydrogen) atoms. The lowest BCUT2D eigenvalue weighted by molar-refractivity contribution is 0.475. The first kappa shape index (κ1) is 11.2. The largest absolute Gasteiger partial charge is 0.508 e. The van der Waals surface area contributed by atoms with Gasteiger partial charge >= 0.3 is 0 Å². The van der Waals surface area contributed by atoms with Crippen LogP contribution in [0.2, 0.25) is 0 Å². The van der Waals surface area contributed by atoms with Gasteiger partial charge in [0.1, 0.15) is 21.4 Å². The molecule has 0 fully saturated rings. The minimum absolute atomic E-state index is 0.0911. The van der Waals surface area contributed by atoms with Gasteiger partial charge in [-0.1, -0.05) is 6.07 Å². The first-order chi connectivity index (χ1) is 7.13. The fourth-order valence-electron chi connectivity index (χ4n) is 0.949. The monoisotopic (exact) mass is 194 g/mol. The fraction of sp³-hybridized carbons (Fsp3) is 0. The molecule has 0 spiro atoms. The van der Waals surface area contributed by atoms with Crippen LogP contribution in [-0.2, 0) is 0 Å². The Balaban J connectivity index is 2.87. The highest BCUT2D eigenvalue weighted by atomic mass is 16.3. The summed E-state index contributed by atoms with van der Waals surface area (Å²) in [4.78, 5) is 3.59. The summed E-state index contributed by atoms with van der Waals surface area (Å²) in [6.07, 6.45) is 0. The zero-order chi connectivity index (χ0) is 11.3. The minimum Gasteiger partial charge on any atom is -0.508 e. The van der Waals surface area contributed by atoms with E-state index < -0.39 is 0 Å². The molecule has 0 atom stereocenters. The van der Waals surface area contributed by atoms with Crippen molar-refractivity contribution in [1.29, 1.82) is 0 Å². The Labute approximate surface area is 91.1 Å². The van der Waals surface area contributed by atoms with Gasteiger partial charge in [0.05, 0.1) is 0 Å². The molecule has 0 aliphatic rings. The smallest absolute Gasteiger partial charge is 0.144 e. The minimum atomic E-state index is 0.0911. The van der Waals surface area contributed by atoms with Gasteiger partial charge in [0.2, 0.25) is 0 Å². The number of hydrogen-bond donors (Lipinski definition) is 2. The van der Waals surface area contributed by atoms with E-state index in [9.17, 15) is 5.11 Å².